The molecule has 0 saturated heterocycles. The second kappa shape index (κ2) is 12.8. The molecule has 1 aromatic carbocycles. The van der Waals surface area contributed by atoms with E-state index >= 15 is 0 Å². The second-order valence-electron chi connectivity index (χ2n) is 9.42. The molecule has 42 heavy (non-hydrogen) atoms. The van der Waals surface area contributed by atoms with E-state index in [-0.39, 0.29) is 45.8 Å². The van der Waals surface area contributed by atoms with E-state index in [0.29, 0.717) is 22.5 Å². The van der Waals surface area contributed by atoms with Gasteiger partial charge in [0.25, 0.3) is 5.56 Å². The molecule has 0 radical (unpaired) electrons. The molecule has 0 aliphatic carbocycles. The molecule has 1 atom stereocenters. The maximum absolute atomic E-state index is 14.9. The molecule has 222 valence electrons. The van der Waals surface area contributed by atoms with Crippen LogP contribution in [0.1, 0.15) is 60.0 Å². The van der Waals surface area contributed by atoms with E-state index in [1.54, 1.807) is 20.0 Å². The van der Waals surface area contributed by atoms with Gasteiger partial charge in [0.1, 0.15) is 17.2 Å². The van der Waals surface area contributed by atoms with Crippen molar-refractivity contribution in [3.63, 3.8) is 0 Å². The highest BCUT2D eigenvalue weighted by Gasteiger charge is 2.34. The number of benzene rings is 1. The summed E-state index contributed by atoms with van der Waals surface area (Å²) in [5, 5.41) is 8.01. The Morgan fingerprint density at radius 2 is 1.90 bits per heavy atom. The van der Waals surface area contributed by atoms with Crippen LogP contribution in [0.15, 0.2) is 41.5 Å². The van der Waals surface area contributed by atoms with Crippen molar-refractivity contribution in [2.24, 2.45) is 7.05 Å². The zero-order chi connectivity index (χ0) is 30.7. The largest absolute Gasteiger partial charge is 0.479 e. The zero-order valence-corrected chi connectivity index (χ0v) is 25.2. The van der Waals surface area contributed by atoms with E-state index in [4.69, 9.17) is 37.4 Å². The van der Waals surface area contributed by atoms with Crippen LogP contribution in [0.25, 0.3) is 5.69 Å². The molecule has 3 aromatic heterocycles. The SMILES string of the molecule is CCOC(=O)c1nn(-c2cnc(OC)nc2OC)c(C(C)C)c1C(Nc1cc(Cl)cn(C)c1=O)c1ccc(Cl)c(F)c1. The van der Waals surface area contributed by atoms with Gasteiger partial charge in [0.05, 0.1) is 48.8 Å². The standard InChI is InChI=1S/C28H29Cl2FN6O5/c1-7-42-27(39)23-21(24(14(2)3)37(35-23)20-12-32-28(41-6)34-25(20)40-5)22(15-8-9-17(30)18(31)10-15)33-19-11-16(29)13-36(4)26(19)38/h8-14,22,33H,7H2,1-6H3. The Balaban J connectivity index is 2.09. The summed E-state index contributed by atoms with van der Waals surface area (Å²) in [6, 6.07) is 4.72. The lowest BCUT2D eigenvalue weighted by Gasteiger charge is -2.24. The molecule has 11 nitrogen and oxygen atoms in total. The van der Waals surface area contributed by atoms with Crippen LogP contribution in [0.2, 0.25) is 10.0 Å². The Morgan fingerprint density at radius 3 is 2.52 bits per heavy atom. The quantitative estimate of drug-likeness (QED) is 0.235. The number of aromatic nitrogens is 5. The number of esters is 1. The maximum Gasteiger partial charge on any atom is 0.359 e. The summed E-state index contributed by atoms with van der Waals surface area (Å²) in [6.45, 7) is 5.51. The van der Waals surface area contributed by atoms with Gasteiger partial charge in [0.2, 0.25) is 5.88 Å². The molecule has 3 heterocycles. The molecule has 0 spiro atoms. The van der Waals surface area contributed by atoms with E-state index in [1.807, 2.05) is 13.8 Å². The van der Waals surface area contributed by atoms with Gasteiger partial charge >= 0.3 is 12.0 Å². The van der Waals surface area contributed by atoms with Gasteiger partial charge in [-0.15, -0.1) is 0 Å². The molecule has 0 bridgehead atoms. The Bertz CT molecular complexity index is 1690. The highest BCUT2D eigenvalue weighted by molar-refractivity contribution is 6.31. The van der Waals surface area contributed by atoms with Crippen LogP contribution in [-0.2, 0) is 11.8 Å². The number of pyridine rings is 1. The average molecular weight is 619 g/mol. The minimum absolute atomic E-state index is 0.0627. The van der Waals surface area contributed by atoms with E-state index in [1.165, 1.54) is 54.1 Å². The van der Waals surface area contributed by atoms with Crippen molar-refractivity contribution in [3.8, 4) is 17.6 Å². The van der Waals surface area contributed by atoms with Gasteiger partial charge in [-0.2, -0.15) is 10.1 Å². The number of nitrogens with zero attached hydrogens (tertiary/aromatic N) is 5. The number of rotatable bonds is 10. The molecule has 4 aromatic rings. The number of methoxy groups -OCH3 is 2. The van der Waals surface area contributed by atoms with Crippen LogP contribution in [0, 0.1) is 5.82 Å². The van der Waals surface area contributed by atoms with E-state index in [9.17, 15) is 14.0 Å². The van der Waals surface area contributed by atoms with Crippen molar-refractivity contribution in [1.82, 2.24) is 24.3 Å². The van der Waals surface area contributed by atoms with Crippen molar-refractivity contribution in [3.05, 3.63) is 85.4 Å². The van der Waals surface area contributed by atoms with Crippen molar-refractivity contribution in [2.75, 3.05) is 26.1 Å². The van der Waals surface area contributed by atoms with Crippen LogP contribution in [-0.4, -0.2) is 51.1 Å². The summed E-state index contributed by atoms with van der Waals surface area (Å²) in [5.41, 5.74) is 1.11. The van der Waals surface area contributed by atoms with Gasteiger partial charge in [0, 0.05) is 18.8 Å². The molecule has 0 aliphatic rings. The van der Waals surface area contributed by atoms with E-state index in [0.717, 1.165) is 0 Å². The lowest BCUT2D eigenvalue weighted by Crippen LogP contribution is -2.25. The predicted octanol–water partition coefficient (Wildman–Crippen LogP) is 5.33. The molecule has 1 unspecified atom stereocenters. The second-order valence-corrected chi connectivity index (χ2v) is 10.3. The summed E-state index contributed by atoms with van der Waals surface area (Å²) in [7, 11) is 4.39. The number of halogens is 3. The third kappa shape index (κ3) is 6.04. The molecule has 4 rings (SSSR count). The summed E-state index contributed by atoms with van der Waals surface area (Å²) in [4.78, 5) is 35.0. The zero-order valence-electron chi connectivity index (χ0n) is 23.7. The van der Waals surface area contributed by atoms with E-state index < -0.39 is 23.4 Å². The van der Waals surface area contributed by atoms with Gasteiger partial charge in [-0.05, 0) is 36.6 Å². The van der Waals surface area contributed by atoms with Gasteiger partial charge in [-0.1, -0.05) is 43.1 Å². The molecular weight excluding hydrogens is 590 g/mol. The van der Waals surface area contributed by atoms with Crippen LogP contribution in [0.4, 0.5) is 10.1 Å². The summed E-state index contributed by atoms with van der Waals surface area (Å²) >= 11 is 12.3. The normalized spacial score (nSPS) is 11.9. The number of carbonyl (C=O) groups excluding carboxylic acids is 1. The Labute approximate surface area is 251 Å². The minimum atomic E-state index is -1.00. The first-order chi connectivity index (χ1) is 20.0. The van der Waals surface area contributed by atoms with Crippen molar-refractivity contribution >= 4 is 34.9 Å². The number of ether oxygens (including phenoxy) is 3. The smallest absolute Gasteiger partial charge is 0.359 e. The van der Waals surface area contributed by atoms with Gasteiger partial charge in [0.15, 0.2) is 5.69 Å². The number of anilines is 1. The predicted molar refractivity (Wildman–Crippen MR) is 156 cm³/mol. The summed E-state index contributed by atoms with van der Waals surface area (Å²) in [6.07, 6.45) is 2.91. The molecule has 14 heteroatoms. The van der Waals surface area contributed by atoms with Gasteiger partial charge < -0.3 is 24.1 Å². The molecule has 0 saturated carbocycles. The lowest BCUT2D eigenvalue weighted by molar-refractivity contribution is 0.0517. The topological polar surface area (TPSA) is 122 Å². The van der Waals surface area contributed by atoms with Crippen molar-refractivity contribution in [2.45, 2.75) is 32.7 Å². The fourth-order valence-corrected chi connectivity index (χ4v) is 4.87. The first-order valence-corrected chi connectivity index (χ1v) is 13.6. The molecule has 1 N–H and O–H groups in total. The minimum Gasteiger partial charge on any atom is -0.479 e. The Kier molecular flexibility index (Phi) is 9.37. The highest BCUT2D eigenvalue weighted by atomic mass is 35.5. The third-order valence-corrected chi connectivity index (χ3v) is 6.82. The maximum atomic E-state index is 14.9. The molecular formula is C28H29Cl2FN6O5. The number of hydrogen-bond acceptors (Lipinski definition) is 9. The van der Waals surface area contributed by atoms with Crippen LogP contribution in [0.5, 0.6) is 11.9 Å². The number of aryl methyl sites for hydroxylation is 1. The fraction of sp³-hybridized carbons (Fsp3) is 0.321. The first-order valence-electron chi connectivity index (χ1n) is 12.8. The fourth-order valence-electron chi connectivity index (χ4n) is 4.50. The van der Waals surface area contributed by atoms with Gasteiger partial charge in [-0.3, -0.25) is 4.79 Å². The monoisotopic (exact) mass is 618 g/mol. The third-order valence-electron chi connectivity index (χ3n) is 6.31. The molecule has 0 amide bonds. The van der Waals surface area contributed by atoms with Crippen LogP contribution >= 0.6 is 23.2 Å². The summed E-state index contributed by atoms with van der Waals surface area (Å²) < 4.78 is 33.7. The highest BCUT2D eigenvalue weighted by Crippen LogP contribution is 2.38. The first kappa shape index (κ1) is 30.8. The van der Waals surface area contributed by atoms with Crippen LogP contribution < -0.4 is 20.3 Å². The summed E-state index contributed by atoms with van der Waals surface area (Å²) in [5.74, 6) is -1.59. The Hall–Kier alpha value is -4.16. The number of nitrogens with one attached hydrogen (secondary N) is 1. The molecule has 0 fully saturated rings. The van der Waals surface area contributed by atoms with Gasteiger partial charge in [-0.25, -0.2) is 18.9 Å². The molecule has 0 aliphatic heterocycles. The Morgan fingerprint density at radius 1 is 1.17 bits per heavy atom. The van der Waals surface area contributed by atoms with Crippen LogP contribution in [0.3, 0.4) is 0 Å². The van der Waals surface area contributed by atoms with Crippen molar-refractivity contribution < 1.29 is 23.4 Å². The lowest BCUT2D eigenvalue weighted by atomic mass is 9.92. The van der Waals surface area contributed by atoms with Crippen molar-refractivity contribution in [1.29, 1.82) is 0 Å². The van der Waals surface area contributed by atoms with E-state index in [2.05, 4.69) is 20.4 Å². The average Bonchev–Trinajstić information content (AvgIpc) is 3.36. The number of hydrogen-bond donors (Lipinski definition) is 1. The number of carbonyl (C=O) groups is 1.